The lowest BCUT2D eigenvalue weighted by Gasteiger charge is -2.22. The third kappa shape index (κ3) is 3.10. The van der Waals surface area contributed by atoms with E-state index in [-0.39, 0.29) is 6.10 Å². The summed E-state index contributed by atoms with van der Waals surface area (Å²) in [5.41, 5.74) is 0. The Bertz CT molecular complexity index is 244. The van der Waals surface area contributed by atoms with Crippen molar-refractivity contribution < 1.29 is 17.9 Å². The Morgan fingerprint density at radius 1 is 1.38 bits per heavy atom. The van der Waals surface area contributed by atoms with Crippen molar-refractivity contribution in [3.8, 4) is 0 Å². The largest absolute Gasteiger partial charge is 0.390 e. The van der Waals surface area contributed by atoms with Gasteiger partial charge < -0.3 is 10.1 Å². The molecule has 94 valence electrons. The first-order valence-corrected chi connectivity index (χ1v) is 5.89. The van der Waals surface area contributed by atoms with Gasteiger partial charge in [-0.05, 0) is 26.2 Å². The van der Waals surface area contributed by atoms with Crippen LogP contribution in [0.3, 0.4) is 0 Å². The highest BCUT2D eigenvalue weighted by molar-refractivity contribution is 4.90. The minimum absolute atomic E-state index is 0.288. The molecular formula is C11H18F3NO. The van der Waals surface area contributed by atoms with Gasteiger partial charge in [-0.3, -0.25) is 0 Å². The summed E-state index contributed by atoms with van der Waals surface area (Å²) < 4.78 is 41.9. The molecular weight excluding hydrogens is 219 g/mol. The first-order valence-electron chi connectivity index (χ1n) is 5.89. The summed E-state index contributed by atoms with van der Waals surface area (Å²) in [4.78, 5) is 0. The van der Waals surface area contributed by atoms with Crippen molar-refractivity contribution in [3.05, 3.63) is 0 Å². The molecule has 2 aliphatic heterocycles. The normalized spacial score (nSPS) is 35.6. The van der Waals surface area contributed by atoms with Crippen LogP contribution in [0.2, 0.25) is 0 Å². The van der Waals surface area contributed by atoms with Crippen LogP contribution in [-0.4, -0.2) is 31.0 Å². The second-order valence-corrected chi connectivity index (χ2v) is 5.00. The van der Waals surface area contributed by atoms with E-state index in [0.29, 0.717) is 18.6 Å². The fraction of sp³-hybridized carbons (Fsp3) is 1.00. The fourth-order valence-corrected chi connectivity index (χ4v) is 2.73. The van der Waals surface area contributed by atoms with Gasteiger partial charge in [0, 0.05) is 18.5 Å². The summed E-state index contributed by atoms with van der Waals surface area (Å²) in [6, 6.07) is -0.501. The molecule has 0 aliphatic carbocycles. The zero-order valence-corrected chi connectivity index (χ0v) is 9.39. The van der Waals surface area contributed by atoms with Crippen LogP contribution in [0.1, 0.15) is 32.6 Å². The van der Waals surface area contributed by atoms with Crippen molar-refractivity contribution in [1.82, 2.24) is 5.32 Å². The average Bonchev–Trinajstić information content (AvgIpc) is 2.72. The summed E-state index contributed by atoms with van der Waals surface area (Å²) >= 11 is 0. The van der Waals surface area contributed by atoms with Crippen LogP contribution in [0.5, 0.6) is 0 Å². The molecule has 1 N–H and O–H groups in total. The van der Waals surface area contributed by atoms with Crippen LogP contribution >= 0.6 is 0 Å². The Morgan fingerprint density at radius 2 is 2.12 bits per heavy atom. The van der Waals surface area contributed by atoms with Gasteiger partial charge >= 0.3 is 6.18 Å². The van der Waals surface area contributed by atoms with E-state index in [4.69, 9.17) is 4.74 Å². The summed E-state index contributed by atoms with van der Waals surface area (Å²) in [7, 11) is 0. The molecule has 4 unspecified atom stereocenters. The van der Waals surface area contributed by atoms with Gasteiger partial charge in [-0.15, -0.1) is 0 Å². The van der Waals surface area contributed by atoms with Gasteiger partial charge in [-0.25, -0.2) is 0 Å². The van der Waals surface area contributed by atoms with E-state index in [1.807, 2.05) is 0 Å². The molecule has 0 amide bonds. The maximum absolute atomic E-state index is 12.1. The van der Waals surface area contributed by atoms with E-state index < -0.39 is 18.6 Å². The van der Waals surface area contributed by atoms with Crippen molar-refractivity contribution in [2.24, 2.45) is 5.92 Å². The fourth-order valence-electron chi connectivity index (χ4n) is 2.73. The van der Waals surface area contributed by atoms with Crippen molar-refractivity contribution in [3.63, 3.8) is 0 Å². The molecule has 0 aromatic carbocycles. The number of nitrogens with one attached hydrogen (secondary N) is 1. The van der Waals surface area contributed by atoms with Gasteiger partial charge in [0.15, 0.2) is 0 Å². The van der Waals surface area contributed by atoms with Gasteiger partial charge in [0.2, 0.25) is 0 Å². The van der Waals surface area contributed by atoms with Gasteiger partial charge in [0.1, 0.15) is 0 Å². The van der Waals surface area contributed by atoms with Gasteiger partial charge in [0.25, 0.3) is 0 Å². The van der Waals surface area contributed by atoms with Crippen LogP contribution in [0.15, 0.2) is 0 Å². The first kappa shape index (κ1) is 12.2. The predicted molar refractivity (Wildman–Crippen MR) is 54.1 cm³/mol. The number of ether oxygens (including phenoxy) is 1. The molecule has 2 heterocycles. The molecule has 0 aromatic heterocycles. The Balaban J connectivity index is 1.68. The van der Waals surface area contributed by atoms with E-state index in [0.717, 1.165) is 19.3 Å². The van der Waals surface area contributed by atoms with Crippen molar-refractivity contribution in [2.75, 3.05) is 6.54 Å². The lowest BCUT2D eigenvalue weighted by molar-refractivity contribution is -0.139. The first-order chi connectivity index (χ1) is 7.44. The summed E-state index contributed by atoms with van der Waals surface area (Å²) in [6.45, 7) is 2.24. The molecule has 2 rings (SSSR count). The summed E-state index contributed by atoms with van der Waals surface area (Å²) in [5, 5.41) is 2.97. The molecule has 2 aliphatic rings. The molecule has 0 spiro atoms. The van der Waals surface area contributed by atoms with Crippen LogP contribution < -0.4 is 5.32 Å². The standard InChI is InChI=1S/C11H18F3NO/c1-7(5-11(12,13)14)15-6-8-4-9-2-3-10(8)16-9/h7-10,15H,2-6H2,1H3. The zero-order chi connectivity index (χ0) is 11.8. The Labute approximate surface area is 93.5 Å². The molecule has 0 radical (unpaired) electrons. The predicted octanol–water partition coefficient (Wildman–Crippen LogP) is 2.48. The van der Waals surface area contributed by atoms with Gasteiger partial charge in [0.05, 0.1) is 18.6 Å². The van der Waals surface area contributed by atoms with Crippen molar-refractivity contribution >= 4 is 0 Å². The molecule has 0 aromatic rings. The molecule has 2 fully saturated rings. The highest BCUT2D eigenvalue weighted by Gasteiger charge is 2.40. The quantitative estimate of drug-likeness (QED) is 0.811. The maximum Gasteiger partial charge on any atom is 0.390 e. The number of alkyl halides is 3. The molecule has 0 saturated carbocycles. The number of hydrogen-bond donors (Lipinski definition) is 1. The lowest BCUT2D eigenvalue weighted by atomic mass is 9.89. The monoisotopic (exact) mass is 237 g/mol. The van der Waals surface area contributed by atoms with Gasteiger partial charge in [-0.1, -0.05) is 0 Å². The topological polar surface area (TPSA) is 21.3 Å². The smallest absolute Gasteiger partial charge is 0.375 e. The molecule has 2 saturated heterocycles. The van der Waals surface area contributed by atoms with E-state index in [1.165, 1.54) is 0 Å². The molecule has 2 nitrogen and oxygen atoms in total. The Kier molecular flexibility index (Phi) is 3.45. The van der Waals surface area contributed by atoms with Crippen LogP contribution in [-0.2, 0) is 4.74 Å². The third-order valence-electron chi connectivity index (χ3n) is 3.50. The number of hydrogen-bond acceptors (Lipinski definition) is 2. The summed E-state index contributed by atoms with van der Waals surface area (Å²) in [6.07, 6.45) is -0.961. The minimum Gasteiger partial charge on any atom is -0.375 e. The van der Waals surface area contributed by atoms with E-state index >= 15 is 0 Å². The van der Waals surface area contributed by atoms with Crippen LogP contribution in [0, 0.1) is 5.92 Å². The molecule has 5 heteroatoms. The highest BCUT2D eigenvalue weighted by atomic mass is 19.4. The zero-order valence-electron chi connectivity index (χ0n) is 9.39. The van der Waals surface area contributed by atoms with Crippen molar-refractivity contribution in [2.45, 2.75) is 57.0 Å². The van der Waals surface area contributed by atoms with E-state index in [1.54, 1.807) is 6.92 Å². The maximum atomic E-state index is 12.1. The van der Waals surface area contributed by atoms with Gasteiger partial charge in [-0.2, -0.15) is 13.2 Å². The molecule has 2 bridgehead atoms. The Morgan fingerprint density at radius 3 is 2.62 bits per heavy atom. The second-order valence-electron chi connectivity index (χ2n) is 5.00. The van der Waals surface area contributed by atoms with Crippen LogP contribution in [0.25, 0.3) is 0 Å². The SMILES string of the molecule is CC(CC(F)(F)F)NCC1CC2CCC1O2. The molecule has 4 atom stereocenters. The number of rotatable bonds is 4. The number of fused-ring (bicyclic) bond motifs is 2. The Hall–Kier alpha value is -0.290. The van der Waals surface area contributed by atoms with Crippen LogP contribution in [0.4, 0.5) is 13.2 Å². The van der Waals surface area contributed by atoms with E-state index in [2.05, 4.69) is 5.32 Å². The van der Waals surface area contributed by atoms with E-state index in [9.17, 15) is 13.2 Å². The highest BCUT2D eigenvalue weighted by Crippen LogP contribution is 2.38. The minimum atomic E-state index is -4.07. The summed E-state index contributed by atoms with van der Waals surface area (Å²) in [5.74, 6) is 0.412. The third-order valence-corrected chi connectivity index (χ3v) is 3.50. The van der Waals surface area contributed by atoms with Crippen molar-refractivity contribution in [1.29, 1.82) is 0 Å². The lowest BCUT2D eigenvalue weighted by Crippen LogP contribution is -2.37. The second kappa shape index (κ2) is 4.53. The number of halogens is 3. The molecule has 16 heavy (non-hydrogen) atoms. The average molecular weight is 237 g/mol.